The number of urea groups is 1. The van der Waals surface area contributed by atoms with Gasteiger partial charge in [-0.3, -0.25) is 14.5 Å². The van der Waals surface area contributed by atoms with Crippen LogP contribution in [0.3, 0.4) is 0 Å². The highest BCUT2D eigenvalue weighted by Crippen LogP contribution is 2.35. The molecule has 3 aromatic rings. The number of imide groups is 1. The molecule has 1 saturated heterocycles. The quantitative estimate of drug-likeness (QED) is 0.471. The fourth-order valence-corrected chi connectivity index (χ4v) is 4.13. The van der Waals surface area contributed by atoms with Gasteiger partial charge in [0.2, 0.25) is 5.91 Å². The summed E-state index contributed by atoms with van der Waals surface area (Å²) in [7, 11) is 0. The maximum Gasteiger partial charge on any atom is 0.325 e. The molecule has 1 atom stereocenters. The van der Waals surface area contributed by atoms with Crippen molar-refractivity contribution in [3.05, 3.63) is 90.5 Å². The summed E-state index contributed by atoms with van der Waals surface area (Å²) in [5.74, 6) is 0.600. The summed E-state index contributed by atoms with van der Waals surface area (Å²) in [5, 5.41) is 5.60. The third-order valence-electron chi connectivity index (χ3n) is 5.58. The van der Waals surface area contributed by atoms with E-state index >= 15 is 0 Å². The summed E-state index contributed by atoms with van der Waals surface area (Å²) in [5.41, 5.74) is 0.0661. The maximum atomic E-state index is 13.4. The first-order valence-corrected chi connectivity index (χ1v) is 11.2. The molecule has 0 aromatic heterocycles. The smallest absolute Gasteiger partial charge is 0.325 e. The van der Waals surface area contributed by atoms with Gasteiger partial charge in [0.1, 0.15) is 23.6 Å². The van der Waals surface area contributed by atoms with Gasteiger partial charge in [0.05, 0.1) is 0 Å². The molecule has 3 aromatic carbocycles. The third-order valence-corrected chi connectivity index (χ3v) is 5.58. The SMILES string of the molecule is CC(C)CC1(c2ccccc2)NC(=O)N(CC(=O)Nc2ccc(Oc3ccccc3)cc2)C1=O. The van der Waals surface area contributed by atoms with Crippen LogP contribution in [0.25, 0.3) is 0 Å². The zero-order valence-electron chi connectivity index (χ0n) is 19.2. The van der Waals surface area contributed by atoms with E-state index in [0.717, 1.165) is 4.90 Å². The minimum absolute atomic E-state index is 0.148. The van der Waals surface area contributed by atoms with Crippen molar-refractivity contribution in [2.45, 2.75) is 25.8 Å². The molecule has 174 valence electrons. The molecule has 4 amide bonds. The molecule has 0 bridgehead atoms. The lowest BCUT2D eigenvalue weighted by atomic mass is 9.82. The third kappa shape index (κ3) is 4.93. The predicted molar refractivity (Wildman–Crippen MR) is 129 cm³/mol. The molecule has 0 radical (unpaired) electrons. The summed E-state index contributed by atoms with van der Waals surface area (Å²) < 4.78 is 5.75. The molecule has 0 saturated carbocycles. The first-order chi connectivity index (χ1) is 16.4. The standard InChI is InChI=1S/C27H27N3O4/c1-19(2)17-27(20-9-5-3-6-10-20)25(32)30(26(33)29-27)18-24(31)28-21-13-15-23(16-14-21)34-22-11-7-4-8-12-22/h3-16,19H,17-18H2,1-2H3,(H,28,31)(H,29,33). The molecule has 4 rings (SSSR count). The molecule has 1 unspecified atom stereocenters. The Kier molecular flexibility index (Phi) is 6.63. The topological polar surface area (TPSA) is 87.7 Å². The van der Waals surface area contributed by atoms with E-state index in [1.54, 1.807) is 24.3 Å². The average Bonchev–Trinajstić information content (AvgIpc) is 3.06. The van der Waals surface area contributed by atoms with E-state index in [-0.39, 0.29) is 12.5 Å². The summed E-state index contributed by atoms with van der Waals surface area (Å²) in [6.45, 7) is 3.61. The normalized spacial score (nSPS) is 17.6. The molecule has 1 aliphatic heterocycles. The van der Waals surface area contributed by atoms with E-state index in [1.807, 2.05) is 74.5 Å². The number of carbonyl (C=O) groups is 3. The minimum atomic E-state index is -1.18. The molecule has 1 fully saturated rings. The van der Waals surface area contributed by atoms with Crippen LogP contribution in [0.2, 0.25) is 0 Å². The largest absolute Gasteiger partial charge is 0.457 e. The van der Waals surface area contributed by atoms with E-state index in [0.29, 0.717) is 29.2 Å². The summed E-state index contributed by atoms with van der Waals surface area (Å²) in [6, 6.07) is 24.8. The molecular weight excluding hydrogens is 430 g/mol. The van der Waals surface area contributed by atoms with Gasteiger partial charge in [-0.05, 0) is 54.3 Å². The molecule has 1 aliphatic rings. The van der Waals surface area contributed by atoms with Crippen LogP contribution < -0.4 is 15.4 Å². The Balaban J connectivity index is 1.43. The van der Waals surface area contributed by atoms with Crippen LogP contribution in [-0.2, 0) is 15.1 Å². The Morgan fingerprint density at radius 3 is 2.12 bits per heavy atom. The van der Waals surface area contributed by atoms with Crippen molar-refractivity contribution in [1.29, 1.82) is 0 Å². The van der Waals surface area contributed by atoms with Gasteiger partial charge < -0.3 is 15.4 Å². The molecule has 2 N–H and O–H groups in total. The summed E-state index contributed by atoms with van der Waals surface area (Å²) in [6.07, 6.45) is 0.433. The number of ether oxygens (including phenoxy) is 1. The number of carbonyl (C=O) groups excluding carboxylic acids is 3. The zero-order chi connectivity index (χ0) is 24.1. The number of nitrogens with zero attached hydrogens (tertiary/aromatic N) is 1. The van der Waals surface area contributed by atoms with Crippen LogP contribution in [0, 0.1) is 5.92 Å². The molecular formula is C27H27N3O4. The fourth-order valence-electron chi connectivity index (χ4n) is 4.13. The fraction of sp³-hybridized carbons (Fsp3) is 0.222. The molecule has 1 heterocycles. The van der Waals surface area contributed by atoms with Crippen molar-refractivity contribution in [3.63, 3.8) is 0 Å². The van der Waals surface area contributed by atoms with E-state index in [1.165, 1.54) is 0 Å². The van der Waals surface area contributed by atoms with Gasteiger partial charge in [-0.25, -0.2) is 4.79 Å². The van der Waals surface area contributed by atoms with Gasteiger partial charge in [-0.1, -0.05) is 62.4 Å². The van der Waals surface area contributed by atoms with Crippen molar-refractivity contribution >= 4 is 23.5 Å². The van der Waals surface area contributed by atoms with E-state index < -0.39 is 23.4 Å². The van der Waals surface area contributed by atoms with Crippen LogP contribution in [0.15, 0.2) is 84.9 Å². The van der Waals surface area contributed by atoms with Crippen molar-refractivity contribution in [2.75, 3.05) is 11.9 Å². The van der Waals surface area contributed by atoms with Gasteiger partial charge in [-0.15, -0.1) is 0 Å². The number of para-hydroxylation sites is 1. The number of amides is 4. The minimum Gasteiger partial charge on any atom is -0.457 e. The van der Waals surface area contributed by atoms with Crippen molar-refractivity contribution in [3.8, 4) is 11.5 Å². The van der Waals surface area contributed by atoms with Crippen molar-refractivity contribution in [1.82, 2.24) is 10.2 Å². The predicted octanol–water partition coefficient (Wildman–Crippen LogP) is 4.91. The van der Waals surface area contributed by atoms with Crippen LogP contribution in [0.5, 0.6) is 11.5 Å². The van der Waals surface area contributed by atoms with Crippen LogP contribution >= 0.6 is 0 Å². The second kappa shape index (κ2) is 9.79. The van der Waals surface area contributed by atoms with Gasteiger partial charge in [-0.2, -0.15) is 0 Å². The number of hydrogen-bond acceptors (Lipinski definition) is 4. The Labute approximate surface area is 198 Å². The highest BCUT2D eigenvalue weighted by molar-refractivity contribution is 6.10. The lowest BCUT2D eigenvalue weighted by Crippen LogP contribution is -2.45. The number of rotatable bonds is 8. The monoisotopic (exact) mass is 457 g/mol. The Bertz CT molecular complexity index is 1160. The highest BCUT2D eigenvalue weighted by atomic mass is 16.5. The van der Waals surface area contributed by atoms with Crippen LogP contribution in [0.4, 0.5) is 10.5 Å². The van der Waals surface area contributed by atoms with Gasteiger partial charge in [0.25, 0.3) is 5.91 Å². The molecule has 0 aliphatic carbocycles. The number of nitrogens with one attached hydrogen (secondary N) is 2. The first-order valence-electron chi connectivity index (χ1n) is 11.2. The summed E-state index contributed by atoms with van der Waals surface area (Å²) in [4.78, 5) is 39.9. The Hall–Kier alpha value is -4.13. The van der Waals surface area contributed by atoms with E-state index in [2.05, 4.69) is 10.6 Å². The second-order valence-corrected chi connectivity index (χ2v) is 8.68. The zero-order valence-corrected chi connectivity index (χ0v) is 19.2. The van der Waals surface area contributed by atoms with Gasteiger partial charge >= 0.3 is 6.03 Å². The highest BCUT2D eigenvalue weighted by Gasteiger charge is 2.52. The average molecular weight is 458 g/mol. The maximum absolute atomic E-state index is 13.4. The van der Waals surface area contributed by atoms with Gasteiger partial charge in [0, 0.05) is 5.69 Å². The number of benzene rings is 3. The number of hydrogen-bond donors (Lipinski definition) is 2. The Morgan fingerprint density at radius 2 is 1.50 bits per heavy atom. The van der Waals surface area contributed by atoms with Crippen molar-refractivity contribution < 1.29 is 19.1 Å². The van der Waals surface area contributed by atoms with Crippen LogP contribution in [-0.4, -0.2) is 29.3 Å². The molecule has 0 spiro atoms. The van der Waals surface area contributed by atoms with Crippen LogP contribution in [0.1, 0.15) is 25.8 Å². The van der Waals surface area contributed by atoms with Gasteiger partial charge in [0.15, 0.2) is 0 Å². The van der Waals surface area contributed by atoms with Crippen molar-refractivity contribution in [2.24, 2.45) is 5.92 Å². The second-order valence-electron chi connectivity index (χ2n) is 8.68. The first kappa shape index (κ1) is 23.0. The molecule has 34 heavy (non-hydrogen) atoms. The number of anilines is 1. The van der Waals surface area contributed by atoms with E-state index in [9.17, 15) is 14.4 Å². The molecule has 7 nitrogen and oxygen atoms in total. The van der Waals surface area contributed by atoms with E-state index in [4.69, 9.17) is 4.74 Å². The Morgan fingerprint density at radius 1 is 0.912 bits per heavy atom. The molecule has 7 heteroatoms. The summed E-state index contributed by atoms with van der Waals surface area (Å²) >= 11 is 0. The lowest BCUT2D eigenvalue weighted by Gasteiger charge is -2.29. The lowest BCUT2D eigenvalue weighted by molar-refractivity contribution is -0.134.